The molecule has 1 fully saturated rings. The maximum Gasteiger partial charge on any atom is 0.260 e. The highest BCUT2D eigenvalue weighted by molar-refractivity contribution is 5.91. The van der Waals surface area contributed by atoms with Crippen LogP contribution in [0, 0.1) is 5.92 Å². The van der Waals surface area contributed by atoms with Crippen molar-refractivity contribution in [2.45, 2.75) is 38.4 Å². The van der Waals surface area contributed by atoms with Crippen molar-refractivity contribution in [3.63, 3.8) is 0 Å². The van der Waals surface area contributed by atoms with Gasteiger partial charge in [-0.15, -0.1) is 0 Å². The first-order chi connectivity index (χ1) is 10.1. The summed E-state index contributed by atoms with van der Waals surface area (Å²) in [4.78, 5) is 38.0. The number of nitrogens with zero attached hydrogens (tertiary/aromatic N) is 2. The van der Waals surface area contributed by atoms with E-state index in [4.69, 9.17) is 5.73 Å². The number of alkyl halides is 1. The van der Waals surface area contributed by atoms with Gasteiger partial charge in [-0.3, -0.25) is 14.4 Å². The van der Waals surface area contributed by atoms with Gasteiger partial charge in [0.2, 0.25) is 11.8 Å². The Labute approximate surface area is 130 Å². The van der Waals surface area contributed by atoms with Crippen LogP contribution in [0.15, 0.2) is 12.7 Å². The van der Waals surface area contributed by atoms with Gasteiger partial charge >= 0.3 is 0 Å². The number of carbonyl (C=O) groups excluding carboxylic acids is 3. The second-order valence-electron chi connectivity index (χ2n) is 6.00. The van der Waals surface area contributed by atoms with Crippen LogP contribution < -0.4 is 5.73 Å². The number of primary amides is 1. The minimum absolute atomic E-state index is 0.0979. The predicted molar refractivity (Wildman–Crippen MR) is 80.4 cm³/mol. The van der Waals surface area contributed by atoms with E-state index in [0.29, 0.717) is 0 Å². The zero-order valence-corrected chi connectivity index (χ0v) is 13.3. The van der Waals surface area contributed by atoms with Crippen LogP contribution in [0.2, 0.25) is 0 Å². The van der Waals surface area contributed by atoms with Gasteiger partial charge in [-0.2, -0.15) is 0 Å². The summed E-state index contributed by atoms with van der Waals surface area (Å²) in [6, 6.07) is -0.854. The molecule has 7 heteroatoms. The average Bonchev–Trinajstić information content (AvgIpc) is 2.45. The lowest BCUT2D eigenvalue weighted by atomic mass is 9.90. The Morgan fingerprint density at radius 1 is 1.32 bits per heavy atom. The van der Waals surface area contributed by atoms with Crippen molar-refractivity contribution in [1.29, 1.82) is 0 Å². The van der Waals surface area contributed by atoms with Crippen LogP contribution in [0.25, 0.3) is 0 Å². The SMILES string of the molecule is C=CC(=O)N1CCC(F)(C(=O)N(C)[C@H](C(N)=O)C(C)C)CC1. The fourth-order valence-corrected chi connectivity index (χ4v) is 2.83. The molecular weight excluding hydrogens is 289 g/mol. The molecule has 0 aromatic heterocycles. The smallest absolute Gasteiger partial charge is 0.260 e. The van der Waals surface area contributed by atoms with E-state index in [-0.39, 0.29) is 37.8 Å². The van der Waals surface area contributed by atoms with Gasteiger partial charge < -0.3 is 15.5 Å². The van der Waals surface area contributed by atoms with Crippen molar-refractivity contribution >= 4 is 17.7 Å². The molecule has 0 saturated carbocycles. The number of rotatable bonds is 5. The molecule has 22 heavy (non-hydrogen) atoms. The molecule has 1 saturated heterocycles. The standard InChI is InChI=1S/C15H24FN3O3/c1-5-11(20)19-8-6-15(16,7-9-19)14(22)18(4)12(10(2)3)13(17)21/h5,10,12H,1,6-9H2,2-4H3,(H2,17,21)/t12-/m0/s1. The van der Waals surface area contributed by atoms with Crippen molar-refractivity contribution in [2.75, 3.05) is 20.1 Å². The molecule has 1 rings (SSSR count). The molecule has 2 N–H and O–H groups in total. The minimum atomic E-state index is -2.07. The maximum atomic E-state index is 14.9. The molecule has 0 aliphatic carbocycles. The maximum absolute atomic E-state index is 14.9. The first kappa shape index (κ1) is 18.1. The topological polar surface area (TPSA) is 83.7 Å². The van der Waals surface area contributed by atoms with Gasteiger partial charge in [-0.05, 0) is 12.0 Å². The minimum Gasteiger partial charge on any atom is -0.368 e. The molecule has 0 unspecified atom stereocenters. The quantitative estimate of drug-likeness (QED) is 0.749. The van der Waals surface area contributed by atoms with Crippen molar-refractivity contribution < 1.29 is 18.8 Å². The Hall–Kier alpha value is -1.92. The highest BCUT2D eigenvalue weighted by Gasteiger charge is 2.46. The van der Waals surface area contributed by atoms with Gasteiger partial charge in [0.25, 0.3) is 5.91 Å². The van der Waals surface area contributed by atoms with Gasteiger partial charge in [0.15, 0.2) is 5.67 Å². The molecule has 1 aliphatic rings. The summed E-state index contributed by atoms with van der Waals surface area (Å²) in [7, 11) is 1.39. The first-order valence-corrected chi connectivity index (χ1v) is 7.31. The number of hydrogen-bond acceptors (Lipinski definition) is 3. The number of nitrogens with two attached hydrogens (primary N) is 1. The lowest BCUT2D eigenvalue weighted by molar-refractivity contribution is -0.153. The number of likely N-dealkylation sites (N-methyl/N-ethyl adjacent to an activating group) is 1. The molecule has 0 aromatic carbocycles. The third-order valence-electron chi connectivity index (χ3n) is 4.09. The summed E-state index contributed by atoms with van der Waals surface area (Å²) >= 11 is 0. The average molecular weight is 313 g/mol. The van der Waals surface area contributed by atoms with Crippen LogP contribution in [0.3, 0.4) is 0 Å². The molecule has 6 nitrogen and oxygen atoms in total. The highest BCUT2D eigenvalue weighted by atomic mass is 19.1. The van der Waals surface area contributed by atoms with Crippen molar-refractivity contribution in [2.24, 2.45) is 11.7 Å². The Kier molecular flexibility index (Phi) is 5.68. The zero-order chi connectivity index (χ0) is 17.1. The van der Waals surface area contributed by atoms with E-state index in [0.717, 1.165) is 4.90 Å². The summed E-state index contributed by atoms with van der Waals surface area (Å²) in [6.45, 7) is 7.16. The summed E-state index contributed by atoms with van der Waals surface area (Å²) in [6.07, 6.45) is 0.972. The van der Waals surface area contributed by atoms with Crippen LogP contribution in [0.5, 0.6) is 0 Å². The Morgan fingerprint density at radius 2 is 1.82 bits per heavy atom. The second kappa shape index (κ2) is 6.89. The molecule has 0 radical (unpaired) electrons. The van der Waals surface area contributed by atoms with E-state index in [9.17, 15) is 18.8 Å². The normalized spacial score (nSPS) is 18.7. The Morgan fingerprint density at radius 3 is 2.18 bits per heavy atom. The van der Waals surface area contributed by atoms with Crippen LogP contribution in [0.4, 0.5) is 4.39 Å². The molecular formula is C15H24FN3O3. The number of piperidine rings is 1. The van der Waals surface area contributed by atoms with E-state index in [1.165, 1.54) is 18.0 Å². The number of hydrogen-bond donors (Lipinski definition) is 1. The molecule has 1 heterocycles. The van der Waals surface area contributed by atoms with Crippen molar-refractivity contribution in [3.05, 3.63) is 12.7 Å². The zero-order valence-electron chi connectivity index (χ0n) is 13.3. The number of carbonyl (C=O) groups is 3. The Bertz CT molecular complexity index is 471. The molecule has 1 aliphatic heterocycles. The van der Waals surface area contributed by atoms with Crippen LogP contribution in [0.1, 0.15) is 26.7 Å². The number of halogens is 1. The lowest BCUT2D eigenvalue weighted by Gasteiger charge is -2.39. The van der Waals surface area contributed by atoms with E-state index in [1.54, 1.807) is 13.8 Å². The van der Waals surface area contributed by atoms with E-state index < -0.39 is 23.5 Å². The number of likely N-dealkylation sites (tertiary alicyclic amines) is 1. The van der Waals surface area contributed by atoms with Crippen LogP contribution >= 0.6 is 0 Å². The predicted octanol–water partition coefficient (Wildman–Crippen LogP) is 0.471. The third kappa shape index (κ3) is 3.64. The van der Waals surface area contributed by atoms with Gasteiger partial charge in [0.1, 0.15) is 6.04 Å². The third-order valence-corrected chi connectivity index (χ3v) is 4.09. The first-order valence-electron chi connectivity index (χ1n) is 7.31. The highest BCUT2D eigenvalue weighted by Crippen LogP contribution is 2.30. The summed E-state index contributed by atoms with van der Waals surface area (Å²) in [5.41, 5.74) is 3.24. The summed E-state index contributed by atoms with van der Waals surface area (Å²) in [5, 5.41) is 0. The molecule has 124 valence electrons. The summed E-state index contributed by atoms with van der Waals surface area (Å²) in [5.74, 6) is -1.90. The van der Waals surface area contributed by atoms with Crippen LogP contribution in [-0.4, -0.2) is 59.4 Å². The monoisotopic (exact) mass is 313 g/mol. The van der Waals surface area contributed by atoms with Gasteiger partial charge in [-0.1, -0.05) is 20.4 Å². The van der Waals surface area contributed by atoms with Crippen LogP contribution in [-0.2, 0) is 14.4 Å². The molecule has 3 amide bonds. The molecule has 0 spiro atoms. The van der Waals surface area contributed by atoms with Gasteiger partial charge in [-0.25, -0.2) is 4.39 Å². The van der Waals surface area contributed by atoms with Crippen molar-refractivity contribution in [1.82, 2.24) is 9.80 Å². The molecule has 0 bridgehead atoms. The lowest BCUT2D eigenvalue weighted by Crippen LogP contribution is -2.57. The fraction of sp³-hybridized carbons (Fsp3) is 0.667. The number of amides is 3. The second-order valence-corrected chi connectivity index (χ2v) is 6.00. The van der Waals surface area contributed by atoms with E-state index in [2.05, 4.69) is 6.58 Å². The molecule has 1 atom stereocenters. The Balaban J connectivity index is 2.82. The van der Waals surface area contributed by atoms with Gasteiger partial charge in [0, 0.05) is 33.0 Å². The van der Waals surface area contributed by atoms with E-state index in [1.807, 2.05) is 0 Å². The van der Waals surface area contributed by atoms with Gasteiger partial charge in [0.05, 0.1) is 0 Å². The largest absolute Gasteiger partial charge is 0.368 e. The summed E-state index contributed by atoms with van der Waals surface area (Å²) < 4.78 is 14.9. The van der Waals surface area contributed by atoms with E-state index >= 15 is 0 Å². The fourth-order valence-electron chi connectivity index (χ4n) is 2.83. The molecule has 0 aromatic rings. The van der Waals surface area contributed by atoms with Crippen molar-refractivity contribution in [3.8, 4) is 0 Å².